The number of aryl methyl sites for hydroxylation is 1. The first-order valence-corrected chi connectivity index (χ1v) is 27.0. The first-order valence-electron chi connectivity index (χ1n) is 27.0. The van der Waals surface area contributed by atoms with E-state index >= 15 is 4.39 Å². The van der Waals surface area contributed by atoms with Crippen LogP contribution in [0.3, 0.4) is 0 Å². The standard InChI is InChI=1S/C56H63FN10O15/c1-3-56(80)34-18-39-49-32(25-66(39)52(77)33(34)26-82-54(56)79)48-36(12-11-31-29(2)35(57)19-37(64-49)47(31)48)65-53(78)55(15-7-8-16-55)27-81-28-62-42(69)22-60-50(75)38(17-30-9-5-4-6-10-30)63-43(70)23-59-41(68)21-61-51(76)40(20-58-24-46(73)74)67-44(71)13-14-45(67)72/h4-6,9-10,13-14,18-19,36,38,40,44,58,71,80H,3,7-8,11-12,15-17,20-28H2,1-2H3,(H,59,68)(H,60,75)(H,61,76)(H,62,69)(H,63,70)(H,65,78)(H,73,74)/t36-,38-,40+,44?,56-/m0/s1. The van der Waals surface area contributed by atoms with Crippen LogP contribution in [0, 0.1) is 18.2 Å². The van der Waals surface area contributed by atoms with E-state index in [4.69, 9.17) is 19.6 Å². The van der Waals surface area contributed by atoms with Crippen LogP contribution in [0.1, 0.15) is 90.4 Å². The molecule has 4 aromatic rings. The van der Waals surface area contributed by atoms with Gasteiger partial charge in [-0.25, -0.2) is 14.2 Å². The number of benzene rings is 2. The van der Waals surface area contributed by atoms with Crippen LogP contribution in [0.25, 0.3) is 22.3 Å². The molecule has 0 saturated heterocycles. The number of amides is 7. The van der Waals surface area contributed by atoms with E-state index in [1.165, 1.54) is 10.6 Å². The van der Waals surface area contributed by atoms with E-state index < -0.39 is 120 Å². The molecule has 1 unspecified atom stereocenters. The van der Waals surface area contributed by atoms with Gasteiger partial charge in [0.25, 0.3) is 5.56 Å². The summed E-state index contributed by atoms with van der Waals surface area (Å²) in [5.41, 5.74) is 1.02. The molecule has 2 aromatic heterocycles. The number of carboxylic acids is 1. The summed E-state index contributed by atoms with van der Waals surface area (Å²) in [6.45, 7) is -0.126. The highest BCUT2D eigenvalue weighted by Gasteiger charge is 2.47. The molecular formula is C56H63FN10O15. The molecule has 2 aliphatic carbocycles. The fourth-order valence-corrected chi connectivity index (χ4v) is 11.5. The van der Waals surface area contributed by atoms with E-state index in [2.05, 4.69) is 37.2 Å². The van der Waals surface area contributed by atoms with Gasteiger partial charge in [-0.1, -0.05) is 50.1 Å². The number of carbonyl (C=O) groups excluding carboxylic acids is 8. The minimum absolute atomic E-state index is 0.0107. The molecular weight excluding hydrogens is 1070 g/mol. The average Bonchev–Trinajstić information content (AvgIpc) is 4.28. The Morgan fingerprint density at radius 1 is 0.902 bits per heavy atom. The van der Waals surface area contributed by atoms with E-state index in [0.29, 0.717) is 70.2 Å². The highest BCUT2D eigenvalue weighted by Crippen LogP contribution is 2.47. The Hall–Kier alpha value is -8.46. The summed E-state index contributed by atoms with van der Waals surface area (Å²) in [6, 6.07) is 8.35. The lowest BCUT2D eigenvalue weighted by Crippen LogP contribution is -2.57. The maximum Gasteiger partial charge on any atom is 0.343 e. The number of pyridine rings is 2. The van der Waals surface area contributed by atoms with E-state index in [0.717, 1.165) is 35.5 Å². The van der Waals surface area contributed by atoms with Crippen molar-refractivity contribution in [1.29, 1.82) is 0 Å². The van der Waals surface area contributed by atoms with Crippen molar-refractivity contribution in [2.24, 2.45) is 5.41 Å². The van der Waals surface area contributed by atoms with E-state index in [1.807, 2.05) is 0 Å². The van der Waals surface area contributed by atoms with E-state index in [1.54, 1.807) is 50.2 Å². The SMILES string of the molecule is CC[C@@]1(O)C(=O)OCc2c1cc1n(c2=O)Cc2c-1nc1cc(F)c(C)c3c1c2[C@@H](NC(=O)C1(COCNC(=O)CNC(=O)[C@H](Cc2ccccc2)NC(=O)CNC(=O)CNC(=O)[C@@H](CNCC(=O)O)N2C(=O)C=CC2O)CCCC1)CC3. The molecule has 7 amide bonds. The van der Waals surface area contributed by atoms with Crippen molar-refractivity contribution in [3.05, 3.63) is 110 Å². The normalized spacial score (nSPS) is 19.7. The van der Waals surface area contributed by atoms with Gasteiger partial charge in [-0.3, -0.25) is 48.1 Å². The molecule has 5 aliphatic rings. The average molecular weight is 1140 g/mol. The van der Waals surface area contributed by atoms with Gasteiger partial charge in [-0.2, -0.15) is 0 Å². The highest BCUT2D eigenvalue weighted by molar-refractivity contribution is 5.98. The largest absolute Gasteiger partial charge is 0.480 e. The molecule has 25 nitrogen and oxygen atoms in total. The number of nitrogens with one attached hydrogen (secondary N) is 7. The van der Waals surface area contributed by atoms with E-state index in [9.17, 15) is 58.2 Å². The van der Waals surface area contributed by atoms with Crippen molar-refractivity contribution >= 4 is 64.2 Å². The number of esters is 1. The predicted octanol–water partition coefficient (Wildman–Crippen LogP) is -0.883. The van der Waals surface area contributed by atoms with Crippen LogP contribution in [0.5, 0.6) is 0 Å². The molecule has 82 heavy (non-hydrogen) atoms. The number of ether oxygens (including phenoxy) is 2. The zero-order valence-corrected chi connectivity index (χ0v) is 45.0. The lowest BCUT2D eigenvalue weighted by Gasteiger charge is -2.34. The Morgan fingerprint density at radius 2 is 1.61 bits per heavy atom. The van der Waals surface area contributed by atoms with Gasteiger partial charge in [0.15, 0.2) is 5.60 Å². The number of hydrogen-bond donors (Lipinski definition) is 10. The van der Waals surface area contributed by atoms with Crippen LogP contribution >= 0.6 is 0 Å². The van der Waals surface area contributed by atoms with Crippen LogP contribution in [0.2, 0.25) is 0 Å². The summed E-state index contributed by atoms with van der Waals surface area (Å²) in [5.74, 6) is -7.50. The van der Waals surface area contributed by atoms with Crippen molar-refractivity contribution in [2.45, 2.75) is 108 Å². The number of fused-ring (bicyclic) bond motifs is 5. The number of nitrogens with zero attached hydrogens (tertiary/aromatic N) is 3. The number of aliphatic carboxylic acids is 1. The van der Waals surface area contributed by atoms with Gasteiger partial charge in [0, 0.05) is 41.6 Å². The van der Waals surface area contributed by atoms with Gasteiger partial charge in [-0.15, -0.1) is 0 Å². The van der Waals surface area contributed by atoms with Gasteiger partial charge in [0.2, 0.25) is 41.4 Å². The van der Waals surface area contributed by atoms with Crippen molar-refractivity contribution in [1.82, 2.24) is 51.7 Å². The van der Waals surface area contributed by atoms with Gasteiger partial charge in [0.1, 0.15) is 37.5 Å². The van der Waals surface area contributed by atoms with Crippen LogP contribution in [-0.2, 0) is 84.2 Å². The third-order valence-electron chi connectivity index (χ3n) is 15.9. The fourth-order valence-electron chi connectivity index (χ4n) is 11.5. The number of hydrogen-bond acceptors (Lipinski definition) is 16. The molecule has 0 spiro atoms. The minimum Gasteiger partial charge on any atom is -0.480 e. The van der Waals surface area contributed by atoms with Crippen molar-refractivity contribution in [2.75, 3.05) is 46.1 Å². The second-order valence-electron chi connectivity index (χ2n) is 21.0. The Labute approximate surface area is 467 Å². The van der Waals surface area contributed by atoms with Crippen LogP contribution in [0.15, 0.2) is 59.4 Å². The molecule has 2 aromatic carbocycles. The Bertz CT molecular complexity index is 3360. The molecule has 10 N–H and O–H groups in total. The van der Waals surface area contributed by atoms with Crippen molar-refractivity contribution in [3.63, 3.8) is 0 Å². The number of rotatable bonds is 23. The first kappa shape index (κ1) is 58.2. The number of carboxylic acid groups (broad SMARTS) is 1. The molecule has 1 saturated carbocycles. The van der Waals surface area contributed by atoms with Crippen molar-refractivity contribution in [3.8, 4) is 11.4 Å². The summed E-state index contributed by atoms with van der Waals surface area (Å²) in [5, 5.41) is 49.4. The van der Waals surface area contributed by atoms with Gasteiger partial charge < -0.3 is 66.6 Å². The quantitative estimate of drug-likeness (QED) is 0.0216. The highest BCUT2D eigenvalue weighted by atomic mass is 19.1. The predicted molar refractivity (Wildman–Crippen MR) is 286 cm³/mol. The molecule has 0 radical (unpaired) electrons. The zero-order chi connectivity index (χ0) is 58.6. The monoisotopic (exact) mass is 1130 g/mol. The molecule has 26 heteroatoms. The molecule has 434 valence electrons. The summed E-state index contributed by atoms with van der Waals surface area (Å²) < 4.78 is 28.3. The van der Waals surface area contributed by atoms with Crippen LogP contribution in [0.4, 0.5) is 4.39 Å². The molecule has 5 heterocycles. The maximum absolute atomic E-state index is 15.6. The minimum atomic E-state index is -2.06. The second-order valence-corrected chi connectivity index (χ2v) is 21.0. The summed E-state index contributed by atoms with van der Waals surface area (Å²) in [6.07, 6.45) is 3.86. The number of halogens is 1. The second kappa shape index (κ2) is 24.3. The summed E-state index contributed by atoms with van der Waals surface area (Å²) in [7, 11) is 0. The number of aliphatic hydroxyl groups is 2. The van der Waals surface area contributed by atoms with Gasteiger partial charge >= 0.3 is 11.9 Å². The number of cyclic esters (lactones) is 1. The van der Waals surface area contributed by atoms with Crippen LogP contribution < -0.4 is 42.8 Å². The Kier molecular flexibility index (Phi) is 17.3. The third kappa shape index (κ3) is 11.8. The van der Waals surface area contributed by atoms with Crippen molar-refractivity contribution < 1.29 is 72.3 Å². The molecule has 0 bridgehead atoms. The number of aliphatic hydroxyl groups excluding tert-OH is 1. The first-order chi connectivity index (χ1) is 39.2. The molecule has 5 atom stereocenters. The summed E-state index contributed by atoms with van der Waals surface area (Å²) >= 11 is 0. The molecule has 9 rings (SSSR count). The van der Waals surface area contributed by atoms with Crippen LogP contribution in [-0.4, -0.2) is 147 Å². The Morgan fingerprint density at radius 3 is 2.30 bits per heavy atom. The molecule has 3 aliphatic heterocycles. The smallest absolute Gasteiger partial charge is 0.343 e. The maximum atomic E-state index is 15.6. The van der Waals surface area contributed by atoms with Gasteiger partial charge in [-0.05, 0) is 73.4 Å². The Balaban J connectivity index is 0.796. The number of aromatic nitrogens is 2. The lowest BCUT2D eigenvalue weighted by molar-refractivity contribution is -0.172. The van der Waals surface area contributed by atoms with Gasteiger partial charge in [0.05, 0.1) is 73.3 Å². The lowest BCUT2D eigenvalue weighted by atomic mass is 9.80. The number of carbonyl (C=O) groups is 9. The molecule has 1 fully saturated rings. The van der Waals surface area contributed by atoms with E-state index in [-0.39, 0.29) is 62.9 Å². The fraction of sp³-hybridized carbons (Fsp3) is 0.446. The summed E-state index contributed by atoms with van der Waals surface area (Å²) in [4.78, 5) is 136. The zero-order valence-electron chi connectivity index (χ0n) is 45.0. The third-order valence-corrected chi connectivity index (χ3v) is 15.9. The topological polar surface area (TPSA) is 355 Å².